The second-order valence-corrected chi connectivity index (χ2v) is 6.38. The molecule has 100 valence electrons. The third kappa shape index (κ3) is 2.29. The van der Waals surface area contributed by atoms with Crippen LogP contribution in [0.25, 0.3) is 0 Å². The minimum absolute atomic E-state index is 0.0201. The van der Waals surface area contributed by atoms with E-state index in [1.165, 1.54) is 23.3 Å². The molecule has 0 bridgehead atoms. The molecule has 1 aromatic rings. The Hall–Kier alpha value is -1.31. The van der Waals surface area contributed by atoms with E-state index in [1.54, 1.807) is 11.3 Å². The van der Waals surface area contributed by atoms with Gasteiger partial charge >= 0.3 is 0 Å². The molecule has 19 heavy (non-hydrogen) atoms. The SMILES string of the molecule is C#CCC(N)C(=O)N1CCc2sccc2C1C1CC1. The molecule has 1 aliphatic carbocycles. The average Bonchev–Trinajstić information content (AvgIpc) is 3.13. The number of rotatable bonds is 3. The van der Waals surface area contributed by atoms with Crippen LogP contribution in [0.15, 0.2) is 11.4 Å². The number of terminal acetylenes is 1. The Kier molecular flexibility index (Phi) is 3.34. The molecular weight excluding hydrogens is 256 g/mol. The van der Waals surface area contributed by atoms with E-state index in [0.717, 1.165) is 13.0 Å². The van der Waals surface area contributed by atoms with Crippen molar-refractivity contribution in [1.29, 1.82) is 0 Å². The minimum atomic E-state index is -0.550. The summed E-state index contributed by atoms with van der Waals surface area (Å²) in [5, 5.41) is 2.13. The van der Waals surface area contributed by atoms with Gasteiger partial charge in [-0.3, -0.25) is 4.79 Å². The summed E-state index contributed by atoms with van der Waals surface area (Å²) in [7, 11) is 0. The van der Waals surface area contributed by atoms with Gasteiger partial charge in [0, 0.05) is 17.8 Å². The fourth-order valence-electron chi connectivity index (χ4n) is 2.94. The number of fused-ring (bicyclic) bond motifs is 1. The van der Waals surface area contributed by atoms with E-state index in [1.807, 2.05) is 4.90 Å². The minimum Gasteiger partial charge on any atom is -0.334 e. The Labute approximate surface area is 117 Å². The van der Waals surface area contributed by atoms with Crippen molar-refractivity contribution in [3.8, 4) is 12.3 Å². The van der Waals surface area contributed by atoms with Gasteiger partial charge in [0.2, 0.25) is 5.91 Å². The van der Waals surface area contributed by atoms with E-state index in [9.17, 15) is 4.79 Å². The van der Waals surface area contributed by atoms with Crippen LogP contribution in [0.1, 0.15) is 35.7 Å². The van der Waals surface area contributed by atoms with E-state index in [-0.39, 0.29) is 11.9 Å². The van der Waals surface area contributed by atoms with Crippen LogP contribution in [-0.4, -0.2) is 23.4 Å². The van der Waals surface area contributed by atoms with Crippen molar-refractivity contribution >= 4 is 17.2 Å². The molecule has 0 radical (unpaired) electrons. The highest BCUT2D eigenvalue weighted by Crippen LogP contribution is 2.48. The summed E-state index contributed by atoms with van der Waals surface area (Å²) in [6.07, 6.45) is 8.97. The Morgan fingerprint density at radius 3 is 3.11 bits per heavy atom. The standard InChI is InChI=1S/C15H18N2OS/c1-2-3-12(16)15(18)17-8-6-13-11(7-9-19-13)14(17)10-4-5-10/h1,7,9-10,12,14H,3-6,8,16H2. The van der Waals surface area contributed by atoms with Crippen LogP contribution in [0.3, 0.4) is 0 Å². The van der Waals surface area contributed by atoms with Crippen LogP contribution < -0.4 is 5.73 Å². The van der Waals surface area contributed by atoms with Crippen molar-refractivity contribution in [1.82, 2.24) is 4.90 Å². The van der Waals surface area contributed by atoms with Crippen molar-refractivity contribution in [2.24, 2.45) is 11.7 Å². The molecular formula is C15H18N2OS. The molecule has 1 fully saturated rings. The number of hydrogen-bond donors (Lipinski definition) is 1. The number of carbonyl (C=O) groups is 1. The fourth-order valence-corrected chi connectivity index (χ4v) is 3.85. The van der Waals surface area contributed by atoms with Crippen LogP contribution in [0.2, 0.25) is 0 Å². The van der Waals surface area contributed by atoms with Crippen LogP contribution in [0.5, 0.6) is 0 Å². The number of hydrogen-bond acceptors (Lipinski definition) is 3. The molecule has 1 aliphatic heterocycles. The van der Waals surface area contributed by atoms with Crippen molar-refractivity contribution in [2.45, 2.75) is 37.8 Å². The zero-order valence-electron chi connectivity index (χ0n) is 10.8. The third-order valence-corrected chi connectivity index (χ3v) is 5.02. The molecule has 1 amide bonds. The number of carbonyl (C=O) groups excluding carboxylic acids is 1. The summed E-state index contributed by atoms with van der Waals surface area (Å²) in [5.74, 6) is 3.13. The van der Waals surface area contributed by atoms with Gasteiger partial charge in [0.05, 0.1) is 12.1 Å². The molecule has 0 aromatic carbocycles. The molecule has 0 saturated heterocycles. The molecule has 2 atom stereocenters. The summed E-state index contributed by atoms with van der Waals surface area (Å²) < 4.78 is 0. The Bertz CT molecular complexity index is 526. The molecule has 3 nitrogen and oxygen atoms in total. The van der Waals surface area contributed by atoms with Gasteiger partial charge in [-0.25, -0.2) is 0 Å². The molecule has 2 aliphatic rings. The van der Waals surface area contributed by atoms with E-state index in [2.05, 4.69) is 17.4 Å². The van der Waals surface area contributed by atoms with E-state index < -0.39 is 6.04 Å². The summed E-state index contributed by atoms with van der Waals surface area (Å²) in [5.41, 5.74) is 7.25. The van der Waals surface area contributed by atoms with Gasteiger partial charge in [0.15, 0.2) is 0 Å². The van der Waals surface area contributed by atoms with Gasteiger partial charge < -0.3 is 10.6 Å². The van der Waals surface area contributed by atoms with Crippen LogP contribution in [0, 0.1) is 18.3 Å². The van der Waals surface area contributed by atoms with Crippen LogP contribution in [0.4, 0.5) is 0 Å². The first-order valence-corrected chi connectivity index (χ1v) is 7.66. The predicted molar refractivity (Wildman–Crippen MR) is 76.6 cm³/mol. The summed E-state index contributed by atoms with van der Waals surface area (Å²) in [6.45, 7) is 0.784. The highest BCUT2D eigenvalue weighted by atomic mass is 32.1. The Morgan fingerprint density at radius 2 is 2.42 bits per heavy atom. The molecule has 2 heterocycles. The maximum absolute atomic E-state index is 12.5. The van der Waals surface area contributed by atoms with E-state index in [4.69, 9.17) is 12.2 Å². The van der Waals surface area contributed by atoms with Gasteiger partial charge in [-0.05, 0) is 42.2 Å². The highest BCUT2D eigenvalue weighted by molar-refractivity contribution is 7.10. The fraction of sp³-hybridized carbons (Fsp3) is 0.533. The zero-order chi connectivity index (χ0) is 13.4. The van der Waals surface area contributed by atoms with Gasteiger partial charge in [-0.15, -0.1) is 23.7 Å². The number of amides is 1. The Balaban J connectivity index is 1.86. The van der Waals surface area contributed by atoms with Crippen LogP contribution in [-0.2, 0) is 11.2 Å². The first-order chi connectivity index (χ1) is 9.22. The second kappa shape index (κ2) is 4.99. The predicted octanol–water partition coefficient (Wildman–Crippen LogP) is 1.93. The Morgan fingerprint density at radius 1 is 1.63 bits per heavy atom. The molecule has 4 heteroatoms. The van der Waals surface area contributed by atoms with Gasteiger partial charge in [0.25, 0.3) is 0 Å². The monoisotopic (exact) mass is 274 g/mol. The number of nitrogens with zero attached hydrogens (tertiary/aromatic N) is 1. The molecule has 1 saturated carbocycles. The highest BCUT2D eigenvalue weighted by Gasteiger charge is 2.42. The number of thiophene rings is 1. The average molecular weight is 274 g/mol. The quantitative estimate of drug-likeness (QED) is 0.856. The summed E-state index contributed by atoms with van der Waals surface area (Å²) >= 11 is 1.81. The largest absolute Gasteiger partial charge is 0.334 e. The van der Waals surface area contributed by atoms with E-state index in [0.29, 0.717) is 12.3 Å². The van der Waals surface area contributed by atoms with Crippen molar-refractivity contribution in [3.63, 3.8) is 0 Å². The third-order valence-electron chi connectivity index (χ3n) is 4.02. The second-order valence-electron chi connectivity index (χ2n) is 5.38. The summed E-state index contributed by atoms with van der Waals surface area (Å²) in [4.78, 5) is 15.9. The lowest BCUT2D eigenvalue weighted by atomic mass is 9.95. The van der Waals surface area contributed by atoms with Crippen LogP contribution >= 0.6 is 11.3 Å². The number of nitrogens with two attached hydrogens (primary N) is 1. The lowest BCUT2D eigenvalue weighted by Crippen LogP contribution is -2.48. The van der Waals surface area contributed by atoms with Gasteiger partial charge in [-0.2, -0.15) is 0 Å². The normalized spacial score (nSPS) is 23.6. The molecule has 3 rings (SSSR count). The zero-order valence-corrected chi connectivity index (χ0v) is 11.7. The molecule has 0 spiro atoms. The summed E-state index contributed by atoms with van der Waals surface area (Å²) in [6, 6.07) is 1.87. The van der Waals surface area contributed by atoms with Crippen molar-refractivity contribution < 1.29 is 4.79 Å². The van der Waals surface area contributed by atoms with E-state index >= 15 is 0 Å². The van der Waals surface area contributed by atoms with Crippen molar-refractivity contribution in [2.75, 3.05) is 6.54 Å². The lowest BCUT2D eigenvalue weighted by molar-refractivity contribution is -0.136. The first-order valence-electron chi connectivity index (χ1n) is 6.78. The maximum atomic E-state index is 12.5. The topological polar surface area (TPSA) is 46.3 Å². The molecule has 2 N–H and O–H groups in total. The lowest BCUT2D eigenvalue weighted by Gasteiger charge is -2.37. The molecule has 1 aromatic heterocycles. The smallest absolute Gasteiger partial charge is 0.241 e. The van der Waals surface area contributed by atoms with Gasteiger partial charge in [-0.1, -0.05) is 0 Å². The van der Waals surface area contributed by atoms with Crippen molar-refractivity contribution in [3.05, 3.63) is 21.9 Å². The first kappa shape index (κ1) is 12.7. The van der Waals surface area contributed by atoms with Gasteiger partial charge in [0.1, 0.15) is 0 Å². The molecule has 2 unspecified atom stereocenters. The maximum Gasteiger partial charge on any atom is 0.241 e.